The van der Waals surface area contributed by atoms with Crippen LogP contribution in [0.25, 0.3) is 0 Å². The zero-order valence-electron chi connectivity index (χ0n) is 15.0. The first-order chi connectivity index (χ1) is 12.1. The van der Waals surface area contributed by atoms with Crippen LogP contribution in [0.1, 0.15) is 30.9 Å². The first-order valence-corrected chi connectivity index (χ1v) is 8.46. The molecule has 0 radical (unpaired) electrons. The third kappa shape index (κ3) is 6.37. The van der Waals surface area contributed by atoms with Crippen LogP contribution in [0.3, 0.4) is 0 Å². The molecule has 0 aromatic heterocycles. The van der Waals surface area contributed by atoms with Gasteiger partial charge in [-0.05, 0) is 41.3 Å². The van der Waals surface area contributed by atoms with Crippen LogP contribution in [0, 0.1) is 0 Å². The summed E-state index contributed by atoms with van der Waals surface area (Å²) in [6, 6.07) is 15.4. The average molecular weight is 342 g/mol. The van der Waals surface area contributed by atoms with Crippen molar-refractivity contribution in [3.63, 3.8) is 0 Å². The van der Waals surface area contributed by atoms with E-state index in [1.807, 2.05) is 42.5 Å². The van der Waals surface area contributed by atoms with E-state index in [0.29, 0.717) is 25.6 Å². The lowest BCUT2D eigenvalue weighted by atomic mass is 10.0. The number of ether oxygens (including phenoxy) is 2. The molecule has 0 unspecified atom stereocenters. The predicted molar refractivity (Wildman–Crippen MR) is 99.3 cm³/mol. The van der Waals surface area contributed by atoms with Gasteiger partial charge in [-0.15, -0.1) is 0 Å². The molecule has 25 heavy (non-hydrogen) atoms. The van der Waals surface area contributed by atoms with E-state index in [-0.39, 0.29) is 6.03 Å². The quantitative estimate of drug-likeness (QED) is 0.719. The Labute approximate surface area is 149 Å². The number of hydrogen-bond acceptors (Lipinski definition) is 3. The van der Waals surface area contributed by atoms with E-state index in [0.717, 1.165) is 17.1 Å². The van der Waals surface area contributed by atoms with E-state index >= 15 is 0 Å². The maximum atomic E-state index is 11.8. The summed E-state index contributed by atoms with van der Waals surface area (Å²) in [4.78, 5) is 11.8. The number of urea groups is 1. The van der Waals surface area contributed by atoms with Gasteiger partial charge < -0.3 is 20.1 Å². The highest BCUT2D eigenvalue weighted by Crippen LogP contribution is 2.19. The third-order valence-corrected chi connectivity index (χ3v) is 3.79. The Morgan fingerprint density at radius 1 is 1.04 bits per heavy atom. The van der Waals surface area contributed by atoms with E-state index in [4.69, 9.17) is 9.47 Å². The van der Waals surface area contributed by atoms with Crippen molar-refractivity contribution in [2.24, 2.45) is 0 Å². The van der Waals surface area contributed by atoms with Crippen LogP contribution in [-0.4, -0.2) is 26.3 Å². The van der Waals surface area contributed by atoms with Crippen molar-refractivity contribution in [3.8, 4) is 11.5 Å². The lowest BCUT2D eigenvalue weighted by molar-refractivity contribution is 0.236. The van der Waals surface area contributed by atoms with Crippen molar-refractivity contribution in [2.45, 2.75) is 26.3 Å². The van der Waals surface area contributed by atoms with Gasteiger partial charge in [0, 0.05) is 6.54 Å². The van der Waals surface area contributed by atoms with Crippen molar-refractivity contribution in [2.75, 3.05) is 20.3 Å². The molecule has 2 aromatic rings. The minimum Gasteiger partial charge on any atom is -0.497 e. The lowest BCUT2D eigenvalue weighted by Gasteiger charge is -2.11. The third-order valence-electron chi connectivity index (χ3n) is 3.79. The highest BCUT2D eigenvalue weighted by atomic mass is 16.5. The van der Waals surface area contributed by atoms with Gasteiger partial charge in [0.25, 0.3) is 0 Å². The van der Waals surface area contributed by atoms with Gasteiger partial charge >= 0.3 is 6.03 Å². The van der Waals surface area contributed by atoms with E-state index in [1.165, 1.54) is 5.56 Å². The average Bonchev–Trinajstić information content (AvgIpc) is 2.64. The fraction of sp³-hybridized carbons (Fsp3) is 0.350. The molecule has 2 rings (SSSR count). The Kier molecular flexibility index (Phi) is 7.14. The van der Waals surface area contributed by atoms with Gasteiger partial charge in [-0.3, -0.25) is 0 Å². The molecule has 0 heterocycles. The molecule has 0 atom stereocenters. The molecule has 0 saturated carbocycles. The van der Waals surface area contributed by atoms with Gasteiger partial charge in [-0.25, -0.2) is 4.79 Å². The van der Waals surface area contributed by atoms with Gasteiger partial charge in [0.1, 0.15) is 18.1 Å². The molecular formula is C20H26N2O3. The highest BCUT2D eigenvalue weighted by Gasteiger charge is 2.03. The summed E-state index contributed by atoms with van der Waals surface area (Å²) < 4.78 is 10.8. The molecule has 2 aromatic carbocycles. The number of methoxy groups -OCH3 is 1. The smallest absolute Gasteiger partial charge is 0.315 e. The summed E-state index contributed by atoms with van der Waals surface area (Å²) in [5.74, 6) is 2.09. The molecule has 0 saturated heterocycles. The zero-order valence-corrected chi connectivity index (χ0v) is 15.0. The second-order valence-electron chi connectivity index (χ2n) is 6.03. The molecule has 0 spiro atoms. The predicted octanol–water partition coefficient (Wildman–Crippen LogP) is 3.70. The monoisotopic (exact) mass is 342 g/mol. The van der Waals surface area contributed by atoms with Crippen LogP contribution in [0.4, 0.5) is 4.79 Å². The van der Waals surface area contributed by atoms with Crippen LogP contribution in [-0.2, 0) is 6.54 Å². The van der Waals surface area contributed by atoms with Crippen LogP contribution >= 0.6 is 0 Å². The van der Waals surface area contributed by atoms with E-state index in [9.17, 15) is 4.79 Å². The molecule has 0 aliphatic heterocycles. The minimum atomic E-state index is -0.213. The Hall–Kier alpha value is -2.69. The Bertz CT molecular complexity index is 669. The van der Waals surface area contributed by atoms with Crippen molar-refractivity contribution in [1.29, 1.82) is 0 Å². The number of carbonyl (C=O) groups excluding carboxylic acids is 1. The molecule has 2 N–H and O–H groups in total. The van der Waals surface area contributed by atoms with Crippen LogP contribution in [0.2, 0.25) is 0 Å². The molecular weight excluding hydrogens is 316 g/mol. The molecule has 0 aliphatic rings. The zero-order chi connectivity index (χ0) is 18.1. The summed E-state index contributed by atoms with van der Waals surface area (Å²) in [5, 5.41) is 5.60. The Morgan fingerprint density at radius 2 is 1.80 bits per heavy atom. The van der Waals surface area contributed by atoms with E-state index in [2.05, 4.69) is 30.5 Å². The topological polar surface area (TPSA) is 59.6 Å². The number of carbonyl (C=O) groups is 1. The number of rotatable bonds is 8. The maximum Gasteiger partial charge on any atom is 0.315 e. The van der Waals surface area contributed by atoms with Gasteiger partial charge in [0.05, 0.1) is 13.7 Å². The van der Waals surface area contributed by atoms with Crippen LogP contribution in [0.5, 0.6) is 11.5 Å². The van der Waals surface area contributed by atoms with Gasteiger partial charge in [-0.1, -0.05) is 38.1 Å². The van der Waals surface area contributed by atoms with Crippen molar-refractivity contribution < 1.29 is 14.3 Å². The number of hydrogen-bond donors (Lipinski definition) is 2. The van der Waals surface area contributed by atoms with E-state index in [1.54, 1.807) is 7.11 Å². The van der Waals surface area contributed by atoms with Gasteiger partial charge in [-0.2, -0.15) is 0 Å². The Balaban J connectivity index is 1.65. The Morgan fingerprint density at radius 3 is 2.48 bits per heavy atom. The van der Waals surface area contributed by atoms with Gasteiger partial charge in [0.2, 0.25) is 0 Å². The number of amides is 2. The largest absolute Gasteiger partial charge is 0.497 e. The molecule has 0 aliphatic carbocycles. The summed E-state index contributed by atoms with van der Waals surface area (Å²) in [6.07, 6.45) is 0. The molecule has 0 bridgehead atoms. The molecule has 2 amide bonds. The fourth-order valence-electron chi connectivity index (χ4n) is 2.29. The maximum absolute atomic E-state index is 11.8. The van der Waals surface area contributed by atoms with Crippen molar-refractivity contribution in [3.05, 3.63) is 59.7 Å². The summed E-state index contributed by atoms with van der Waals surface area (Å²) in [7, 11) is 1.63. The van der Waals surface area contributed by atoms with Crippen LogP contribution < -0.4 is 20.1 Å². The number of nitrogens with one attached hydrogen (secondary N) is 2. The lowest BCUT2D eigenvalue weighted by Crippen LogP contribution is -2.37. The molecule has 5 heteroatoms. The molecule has 0 fully saturated rings. The second kappa shape index (κ2) is 9.57. The summed E-state index contributed by atoms with van der Waals surface area (Å²) in [6.45, 7) is 5.63. The van der Waals surface area contributed by atoms with Crippen molar-refractivity contribution >= 4 is 6.03 Å². The fourth-order valence-corrected chi connectivity index (χ4v) is 2.29. The summed E-state index contributed by atoms with van der Waals surface area (Å²) >= 11 is 0. The highest BCUT2D eigenvalue weighted by molar-refractivity contribution is 5.73. The number of benzene rings is 2. The second-order valence-corrected chi connectivity index (χ2v) is 6.03. The van der Waals surface area contributed by atoms with E-state index < -0.39 is 0 Å². The normalized spacial score (nSPS) is 10.4. The van der Waals surface area contributed by atoms with Crippen molar-refractivity contribution in [1.82, 2.24) is 10.6 Å². The standard InChI is InChI=1S/C20H26N2O3/c1-15(2)17-5-4-6-19(13-17)25-12-11-21-20(23)22-14-16-7-9-18(24-3)10-8-16/h4-10,13,15H,11-12,14H2,1-3H3,(H2,21,22,23). The first kappa shape index (κ1) is 18.6. The van der Waals surface area contributed by atoms with Gasteiger partial charge in [0.15, 0.2) is 0 Å². The van der Waals surface area contributed by atoms with Crippen LogP contribution in [0.15, 0.2) is 48.5 Å². The first-order valence-electron chi connectivity index (χ1n) is 8.46. The SMILES string of the molecule is COc1ccc(CNC(=O)NCCOc2cccc(C(C)C)c2)cc1. The summed E-state index contributed by atoms with van der Waals surface area (Å²) in [5.41, 5.74) is 2.25. The minimum absolute atomic E-state index is 0.213. The molecule has 5 nitrogen and oxygen atoms in total. The molecule has 134 valence electrons.